The van der Waals surface area contributed by atoms with E-state index in [9.17, 15) is 9.90 Å². The molecule has 2 aromatic carbocycles. The van der Waals surface area contributed by atoms with Crippen molar-refractivity contribution in [1.82, 2.24) is 9.80 Å². The van der Waals surface area contributed by atoms with E-state index >= 15 is 0 Å². The summed E-state index contributed by atoms with van der Waals surface area (Å²) in [6.07, 6.45) is 0.421. The van der Waals surface area contributed by atoms with Crippen LogP contribution in [0.15, 0.2) is 48.5 Å². The highest BCUT2D eigenvalue weighted by molar-refractivity contribution is 5.79. The number of nitrogens with one attached hydrogen (secondary N) is 1. The Morgan fingerprint density at radius 2 is 1.60 bits per heavy atom. The van der Waals surface area contributed by atoms with E-state index in [1.807, 2.05) is 67.3 Å². The van der Waals surface area contributed by atoms with Crippen LogP contribution >= 0.6 is 0 Å². The Balaban J connectivity index is 1.44. The van der Waals surface area contributed by atoms with Crippen LogP contribution in [0.25, 0.3) is 0 Å². The van der Waals surface area contributed by atoms with Crippen LogP contribution in [0.3, 0.4) is 0 Å². The van der Waals surface area contributed by atoms with Gasteiger partial charge in [-0.1, -0.05) is 24.3 Å². The number of carbonyl (C=O) groups excluding carboxylic acids is 1. The van der Waals surface area contributed by atoms with Crippen LogP contribution in [-0.4, -0.2) is 66.2 Å². The number of methoxy groups -OCH3 is 1. The summed E-state index contributed by atoms with van der Waals surface area (Å²) in [6.45, 7) is 8.07. The van der Waals surface area contributed by atoms with Crippen LogP contribution in [0.2, 0.25) is 0 Å². The van der Waals surface area contributed by atoms with Gasteiger partial charge in [-0.3, -0.25) is 9.69 Å². The maximum atomic E-state index is 12.6. The van der Waals surface area contributed by atoms with Crippen molar-refractivity contribution >= 4 is 11.6 Å². The molecule has 6 nitrogen and oxygen atoms in total. The second-order valence-corrected chi connectivity index (χ2v) is 8.54. The van der Waals surface area contributed by atoms with Crippen molar-refractivity contribution in [1.29, 1.82) is 0 Å². The molecule has 0 radical (unpaired) electrons. The van der Waals surface area contributed by atoms with Gasteiger partial charge in [0.2, 0.25) is 5.91 Å². The molecule has 0 atom stereocenters. The number of ether oxygens (including phenoxy) is 1. The molecule has 0 unspecified atom stereocenters. The fourth-order valence-corrected chi connectivity index (χ4v) is 3.68. The van der Waals surface area contributed by atoms with Gasteiger partial charge in [-0.2, -0.15) is 0 Å². The molecule has 0 saturated carbocycles. The molecule has 1 fully saturated rings. The zero-order valence-corrected chi connectivity index (χ0v) is 18.2. The number of hydrogen-bond acceptors (Lipinski definition) is 5. The van der Waals surface area contributed by atoms with E-state index in [0.717, 1.165) is 49.7 Å². The van der Waals surface area contributed by atoms with Crippen molar-refractivity contribution in [2.45, 2.75) is 32.4 Å². The lowest BCUT2D eigenvalue weighted by Crippen LogP contribution is -2.52. The number of nitrogens with zero attached hydrogens (tertiary/aromatic N) is 2. The fraction of sp³-hybridized carbons (Fsp3) is 0.458. The molecular weight excluding hydrogens is 378 g/mol. The minimum absolute atomic E-state index is 0.164. The monoisotopic (exact) mass is 411 g/mol. The Morgan fingerprint density at radius 3 is 2.17 bits per heavy atom. The third kappa shape index (κ3) is 6.75. The summed E-state index contributed by atoms with van der Waals surface area (Å²) in [5.74, 6) is 1.02. The first-order valence-corrected chi connectivity index (χ1v) is 10.5. The summed E-state index contributed by atoms with van der Waals surface area (Å²) in [6, 6.07) is 16.1. The first kappa shape index (κ1) is 22.1. The predicted molar refractivity (Wildman–Crippen MR) is 120 cm³/mol. The Kier molecular flexibility index (Phi) is 7.34. The molecule has 0 bridgehead atoms. The third-order valence-electron chi connectivity index (χ3n) is 5.30. The number of anilines is 1. The molecular formula is C24H33N3O3. The number of hydrogen-bond donors (Lipinski definition) is 2. The highest BCUT2D eigenvalue weighted by atomic mass is 16.5. The molecule has 2 N–H and O–H groups in total. The SMILES string of the molecule is COc1ccc(CNc2ccc(CC(=O)N3CCN(CC(C)(C)O)CC3)cc2)cc1. The number of amides is 1. The van der Waals surface area contributed by atoms with Crippen LogP contribution in [0.4, 0.5) is 5.69 Å². The molecule has 1 amide bonds. The summed E-state index contributed by atoms with van der Waals surface area (Å²) in [5.41, 5.74) is 2.53. The van der Waals surface area contributed by atoms with Gasteiger partial charge in [0.05, 0.1) is 19.1 Å². The maximum absolute atomic E-state index is 12.6. The number of benzene rings is 2. The van der Waals surface area contributed by atoms with Gasteiger partial charge in [-0.15, -0.1) is 0 Å². The maximum Gasteiger partial charge on any atom is 0.227 e. The van der Waals surface area contributed by atoms with Crippen LogP contribution in [0.5, 0.6) is 5.75 Å². The number of carbonyl (C=O) groups is 1. The van der Waals surface area contributed by atoms with Crippen molar-refractivity contribution in [2.24, 2.45) is 0 Å². The zero-order valence-electron chi connectivity index (χ0n) is 18.2. The smallest absolute Gasteiger partial charge is 0.227 e. The Hall–Kier alpha value is -2.57. The lowest BCUT2D eigenvalue weighted by molar-refractivity contribution is -0.132. The van der Waals surface area contributed by atoms with Gasteiger partial charge in [-0.05, 0) is 49.2 Å². The zero-order chi connectivity index (χ0) is 21.6. The lowest BCUT2D eigenvalue weighted by atomic mass is 10.1. The van der Waals surface area contributed by atoms with Gasteiger partial charge in [0.25, 0.3) is 0 Å². The molecule has 2 aromatic rings. The summed E-state index contributed by atoms with van der Waals surface area (Å²) in [5, 5.41) is 13.4. The van der Waals surface area contributed by atoms with Crippen molar-refractivity contribution in [3.8, 4) is 5.75 Å². The summed E-state index contributed by atoms with van der Waals surface area (Å²) in [7, 11) is 1.66. The average Bonchev–Trinajstić information content (AvgIpc) is 2.73. The Labute approximate surface area is 179 Å². The van der Waals surface area contributed by atoms with Gasteiger partial charge in [-0.25, -0.2) is 0 Å². The molecule has 1 heterocycles. The highest BCUT2D eigenvalue weighted by Gasteiger charge is 2.24. The van der Waals surface area contributed by atoms with E-state index in [1.165, 1.54) is 5.56 Å². The molecule has 30 heavy (non-hydrogen) atoms. The summed E-state index contributed by atoms with van der Waals surface area (Å²) >= 11 is 0. The van der Waals surface area contributed by atoms with Crippen LogP contribution in [-0.2, 0) is 17.8 Å². The van der Waals surface area contributed by atoms with E-state index in [1.54, 1.807) is 7.11 Å². The standard InChI is InChI=1S/C24H33N3O3/c1-24(2,29)18-26-12-14-27(15-13-26)23(28)16-19-4-8-21(9-5-19)25-17-20-6-10-22(30-3)11-7-20/h4-11,25,29H,12-18H2,1-3H3. The summed E-state index contributed by atoms with van der Waals surface area (Å²) in [4.78, 5) is 16.8. The first-order chi connectivity index (χ1) is 14.3. The average molecular weight is 412 g/mol. The van der Waals surface area contributed by atoms with Crippen molar-refractivity contribution < 1.29 is 14.6 Å². The van der Waals surface area contributed by atoms with Gasteiger partial charge < -0.3 is 20.1 Å². The second kappa shape index (κ2) is 9.96. The molecule has 1 aliphatic heterocycles. The summed E-state index contributed by atoms with van der Waals surface area (Å²) < 4.78 is 5.18. The van der Waals surface area contributed by atoms with E-state index in [-0.39, 0.29) is 5.91 Å². The first-order valence-electron chi connectivity index (χ1n) is 10.5. The van der Waals surface area contributed by atoms with Crippen molar-refractivity contribution in [3.05, 3.63) is 59.7 Å². The molecule has 0 aliphatic carbocycles. The minimum Gasteiger partial charge on any atom is -0.497 e. The number of β-amino-alcohol motifs (C(OH)–C–C–N with tert-alkyl or cyclic N) is 1. The number of aliphatic hydroxyl groups is 1. The minimum atomic E-state index is -0.699. The quantitative estimate of drug-likeness (QED) is 0.699. The number of piperazine rings is 1. The van der Waals surface area contributed by atoms with Crippen molar-refractivity contribution in [2.75, 3.05) is 45.2 Å². The van der Waals surface area contributed by atoms with Crippen LogP contribution in [0.1, 0.15) is 25.0 Å². The molecule has 162 valence electrons. The molecule has 1 aliphatic rings. The molecule has 1 saturated heterocycles. The molecule has 3 rings (SSSR count). The van der Waals surface area contributed by atoms with E-state index in [0.29, 0.717) is 13.0 Å². The topological polar surface area (TPSA) is 65.0 Å². The van der Waals surface area contributed by atoms with Crippen LogP contribution < -0.4 is 10.1 Å². The van der Waals surface area contributed by atoms with Crippen LogP contribution in [0, 0.1) is 0 Å². The van der Waals surface area contributed by atoms with Gasteiger partial charge in [0, 0.05) is 45.0 Å². The molecule has 0 aromatic heterocycles. The largest absolute Gasteiger partial charge is 0.497 e. The fourth-order valence-electron chi connectivity index (χ4n) is 3.68. The highest BCUT2D eigenvalue weighted by Crippen LogP contribution is 2.16. The lowest BCUT2D eigenvalue weighted by Gasteiger charge is -2.37. The normalized spacial score (nSPS) is 15.1. The molecule has 0 spiro atoms. The molecule has 6 heteroatoms. The van der Waals surface area contributed by atoms with Gasteiger partial charge in [0.1, 0.15) is 5.75 Å². The predicted octanol–water partition coefficient (Wildman–Crippen LogP) is 2.76. The van der Waals surface area contributed by atoms with Gasteiger partial charge in [0.15, 0.2) is 0 Å². The van der Waals surface area contributed by atoms with Gasteiger partial charge >= 0.3 is 0 Å². The van der Waals surface area contributed by atoms with E-state index < -0.39 is 5.60 Å². The van der Waals surface area contributed by atoms with Crippen molar-refractivity contribution in [3.63, 3.8) is 0 Å². The second-order valence-electron chi connectivity index (χ2n) is 8.54. The Bertz CT molecular complexity index is 805. The van der Waals surface area contributed by atoms with E-state index in [4.69, 9.17) is 4.74 Å². The number of rotatable bonds is 8. The third-order valence-corrected chi connectivity index (χ3v) is 5.30. The Morgan fingerprint density at radius 1 is 1.00 bits per heavy atom. The van der Waals surface area contributed by atoms with E-state index in [2.05, 4.69) is 10.2 Å².